The van der Waals surface area contributed by atoms with Crippen LogP contribution in [0.3, 0.4) is 0 Å². The smallest absolute Gasteiger partial charge is 0.226 e. The Kier molecular flexibility index (Phi) is 3.62. The number of amides is 1. The number of hydrogen-bond donors (Lipinski definition) is 1. The van der Waals surface area contributed by atoms with E-state index in [1.165, 1.54) is 0 Å². The van der Waals surface area contributed by atoms with Crippen molar-refractivity contribution >= 4 is 22.6 Å². The molecule has 1 amide bonds. The summed E-state index contributed by atoms with van der Waals surface area (Å²) in [5, 5.41) is 0.949. The SMILES string of the molecule is CN(C(=O)CCC(C)(C)N)c1coc2ccccc12. The summed E-state index contributed by atoms with van der Waals surface area (Å²) in [7, 11) is 1.77. The number of benzene rings is 1. The van der Waals surface area contributed by atoms with Crippen molar-refractivity contribution < 1.29 is 9.21 Å². The van der Waals surface area contributed by atoms with Gasteiger partial charge in [0, 0.05) is 24.4 Å². The van der Waals surface area contributed by atoms with E-state index in [4.69, 9.17) is 10.2 Å². The normalized spacial score (nSPS) is 11.8. The zero-order chi connectivity index (χ0) is 14.0. The maximum absolute atomic E-state index is 12.2. The van der Waals surface area contributed by atoms with Crippen LogP contribution >= 0.6 is 0 Å². The van der Waals surface area contributed by atoms with Gasteiger partial charge in [0.2, 0.25) is 5.91 Å². The highest BCUT2D eigenvalue weighted by Gasteiger charge is 2.19. The number of nitrogens with zero attached hydrogens (tertiary/aromatic N) is 1. The van der Waals surface area contributed by atoms with Crippen LogP contribution in [0.2, 0.25) is 0 Å². The molecule has 0 spiro atoms. The minimum absolute atomic E-state index is 0.0464. The molecule has 0 aliphatic heterocycles. The molecule has 2 rings (SSSR count). The van der Waals surface area contributed by atoms with Gasteiger partial charge in [0.25, 0.3) is 0 Å². The number of anilines is 1. The molecule has 0 aliphatic carbocycles. The third-order valence-electron chi connectivity index (χ3n) is 3.18. The number of para-hydroxylation sites is 1. The van der Waals surface area contributed by atoms with Crippen LogP contribution in [0.15, 0.2) is 34.9 Å². The summed E-state index contributed by atoms with van der Waals surface area (Å²) in [5.74, 6) is 0.0464. The molecule has 0 fully saturated rings. The van der Waals surface area contributed by atoms with Crippen LogP contribution in [0.25, 0.3) is 11.0 Å². The molecule has 1 aromatic carbocycles. The van der Waals surface area contributed by atoms with E-state index < -0.39 is 0 Å². The van der Waals surface area contributed by atoms with Crippen LogP contribution in [0.1, 0.15) is 26.7 Å². The lowest BCUT2D eigenvalue weighted by molar-refractivity contribution is -0.118. The molecule has 0 radical (unpaired) electrons. The van der Waals surface area contributed by atoms with Gasteiger partial charge in [-0.3, -0.25) is 4.79 Å². The van der Waals surface area contributed by atoms with E-state index in [-0.39, 0.29) is 11.4 Å². The molecule has 0 saturated heterocycles. The van der Waals surface area contributed by atoms with Gasteiger partial charge in [0.05, 0.1) is 5.69 Å². The van der Waals surface area contributed by atoms with E-state index in [2.05, 4.69) is 0 Å². The summed E-state index contributed by atoms with van der Waals surface area (Å²) in [5.41, 5.74) is 7.17. The Morgan fingerprint density at radius 3 is 2.74 bits per heavy atom. The molecule has 19 heavy (non-hydrogen) atoms. The molecule has 0 aliphatic rings. The molecule has 4 nitrogen and oxygen atoms in total. The van der Waals surface area contributed by atoms with Gasteiger partial charge in [-0.1, -0.05) is 12.1 Å². The Morgan fingerprint density at radius 1 is 1.37 bits per heavy atom. The summed E-state index contributed by atoms with van der Waals surface area (Å²) in [4.78, 5) is 13.8. The molecule has 1 aromatic heterocycles. The van der Waals surface area contributed by atoms with Crippen LogP contribution in [0.5, 0.6) is 0 Å². The number of nitrogens with two attached hydrogens (primary N) is 1. The predicted octanol–water partition coefficient (Wildman–Crippen LogP) is 2.91. The number of fused-ring (bicyclic) bond motifs is 1. The number of rotatable bonds is 4. The van der Waals surface area contributed by atoms with Crippen molar-refractivity contribution in [2.75, 3.05) is 11.9 Å². The summed E-state index contributed by atoms with van der Waals surface area (Å²) >= 11 is 0. The molecule has 1 heterocycles. The van der Waals surface area contributed by atoms with E-state index in [1.54, 1.807) is 18.2 Å². The summed E-state index contributed by atoms with van der Waals surface area (Å²) in [6.07, 6.45) is 2.71. The minimum atomic E-state index is -0.324. The summed E-state index contributed by atoms with van der Waals surface area (Å²) in [6.45, 7) is 3.85. The topological polar surface area (TPSA) is 59.5 Å². The van der Waals surface area contributed by atoms with E-state index in [0.29, 0.717) is 12.8 Å². The van der Waals surface area contributed by atoms with Gasteiger partial charge in [-0.15, -0.1) is 0 Å². The van der Waals surface area contributed by atoms with Gasteiger partial charge >= 0.3 is 0 Å². The fourth-order valence-corrected chi connectivity index (χ4v) is 1.95. The lowest BCUT2D eigenvalue weighted by atomic mass is 10.00. The molecule has 2 aromatic rings. The van der Waals surface area contributed by atoms with Gasteiger partial charge < -0.3 is 15.1 Å². The van der Waals surface area contributed by atoms with Gasteiger partial charge in [-0.25, -0.2) is 0 Å². The van der Waals surface area contributed by atoms with Gasteiger partial charge in [0.15, 0.2) is 0 Å². The fourth-order valence-electron chi connectivity index (χ4n) is 1.95. The van der Waals surface area contributed by atoms with Gasteiger partial charge in [-0.2, -0.15) is 0 Å². The highest BCUT2D eigenvalue weighted by Crippen LogP contribution is 2.28. The third-order valence-corrected chi connectivity index (χ3v) is 3.18. The number of hydrogen-bond acceptors (Lipinski definition) is 3. The van der Waals surface area contributed by atoms with Crippen molar-refractivity contribution in [1.82, 2.24) is 0 Å². The van der Waals surface area contributed by atoms with E-state index in [1.807, 2.05) is 38.1 Å². The van der Waals surface area contributed by atoms with Crippen molar-refractivity contribution in [3.8, 4) is 0 Å². The molecule has 0 saturated carbocycles. The maximum Gasteiger partial charge on any atom is 0.226 e. The average Bonchev–Trinajstić information content (AvgIpc) is 2.78. The minimum Gasteiger partial charge on any atom is -0.462 e. The second-order valence-corrected chi connectivity index (χ2v) is 5.56. The first-order valence-electron chi connectivity index (χ1n) is 6.40. The first kappa shape index (κ1) is 13.6. The quantitative estimate of drug-likeness (QED) is 0.919. The highest BCUT2D eigenvalue weighted by atomic mass is 16.3. The van der Waals surface area contributed by atoms with Crippen LogP contribution in [0, 0.1) is 0 Å². The highest BCUT2D eigenvalue weighted by molar-refractivity contribution is 6.02. The molecular formula is C15H20N2O2. The number of carbonyl (C=O) groups excluding carboxylic acids is 1. The van der Waals surface area contributed by atoms with Gasteiger partial charge in [-0.05, 0) is 32.4 Å². The van der Waals surface area contributed by atoms with Crippen molar-refractivity contribution in [1.29, 1.82) is 0 Å². The van der Waals surface area contributed by atoms with E-state index >= 15 is 0 Å². The Morgan fingerprint density at radius 2 is 2.05 bits per heavy atom. The van der Waals surface area contributed by atoms with E-state index in [0.717, 1.165) is 16.7 Å². The third kappa shape index (κ3) is 3.15. The second-order valence-electron chi connectivity index (χ2n) is 5.56. The molecule has 0 atom stereocenters. The molecule has 0 unspecified atom stereocenters. The Balaban J connectivity index is 2.15. The number of carbonyl (C=O) groups is 1. The first-order valence-corrected chi connectivity index (χ1v) is 6.40. The summed E-state index contributed by atoms with van der Waals surface area (Å²) in [6, 6.07) is 7.68. The average molecular weight is 260 g/mol. The van der Waals surface area contributed by atoms with Crippen molar-refractivity contribution in [2.45, 2.75) is 32.2 Å². The molecule has 2 N–H and O–H groups in total. The van der Waals surface area contributed by atoms with Crippen molar-refractivity contribution in [3.63, 3.8) is 0 Å². The summed E-state index contributed by atoms with van der Waals surface area (Å²) < 4.78 is 5.45. The zero-order valence-corrected chi connectivity index (χ0v) is 11.6. The largest absolute Gasteiger partial charge is 0.462 e. The van der Waals surface area contributed by atoms with Gasteiger partial charge in [0.1, 0.15) is 11.8 Å². The Hall–Kier alpha value is -1.81. The van der Waals surface area contributed by atoms with Crippen LogP contribution in [-0.4, -0.2) is 18.5 Å². The molecule has 4 heteroatoms. The first-order chi connectivity index (χ1) is 8.88. The second kappa shape index (κ2) is 5.05. The number of furan rings is 1. The standard InChI is InChI=1S/C15H20N2O2/c1-15(2,16)9-8-14(18)17(3)12-10-19-13-7-5-4-6-11(12)13/h4-7,10H,8-9,16H2,1-3H3. The van der Waals surface area contributed by atoms with Crippen molar-refractivity contribution in [3.05, 3.63) is 30.5 Å². The Bertz CT molecular complexity index is 581. The zero-order valence-electron chi connectivity index (χ0n) is 11.6. The predicted molar refractivity (Wildman–Crippen MR) is 77.1 cm³/mol. The monoisotopic (exact) mass is 260 g/mol. The van der Waals surface area contributed by atoms with Crippen LogP contribution in [0.4, 0.5) is 5.69 Å². The molecule has 102 valence electrons. The fraction of sp³-hybridized carbons (Fsp3) is 0.400. The van der Waals surface area contributed by atoms with Crippen LogP contribution in [-0.2, 0) is 4.79 Å². The van der Waals surface area contributed by atoms with Crippen molar-refractivity contribution in [2.24, 2.45) is 5.73 Å². The Labute approximate surface area is 113 Å². The van der Waals surface area contributed by atoms with Crippen LogP contribution < -0.4 is 10.6 Å². The molecular weight excluding hydrogens is 240 g/mol. The molecule has 0 bridgehead atoms. The lowest BCUT2D eigenvalue weighted by Gasteiger charge is -2.21. The lowest BCUT2D eigenvalue weighted by Crippen LogP contribution is -2.35. The maximum atomic E-state index is 12.2. The van der Waals surface area contributed by atoms with E-state index in [9.17, 15) is 4.79 Å².